The molecule has 18 heavy (non-hydrogen) atoms. The molecule has 2 N–H and O–H groups in total. The maximum Gasteiger partial charge on any atom is 0.0612 e. The van der Waals surface area contributed by atoms with Crippen LogP contribution in [-0.4, -0.2) is 93.7 Å². The highest BCUT2D eigenvalue weighted by Gasteiger charge is 2.52. The van der Waals surface area contributed by atoms with Gasteiger partial charge >= 0.3 is 0 Å². The molecule has 3 heterocycles. The summed E-state index contributed by atoms with van der Waals surface area (Å²) in [6.45, 7) is 0.785. The van der Waals surface area contributed by atoms with Crippen molar-refractivity contribution < 1.29 is 10.2 Å². The van der Waals surface area contributed by atoms with Gasteiger partial charge in [0.1, 0.15) is 0 Å². The zero-order valence-corrected chi connectivity index (χ0v) is 10.6. The smallest absolute Gasteiger partial charge is 0.0612 e. The molecule has 2 bridgehead atoms. The van der Waals surface area contributed by atoms with Crippen LogP contribution in [0.25, 0.3) is 0 Å². The van der Waals surface area contributed by atoms with Crippen molar-refractivity contribution in [2.45, 2.75) is 23.9 Å². The van der Waals surface area contributed by atoms with Crippen molar-refractivity contribution in [3.8, 4) is 0 Å². The third kappa shape index (κ3) is 3.36. The standard InChI is InChI=1S/C6H11B10O2/c17-3-1-5-6(2-4-18)7-9-10-11-12-13-14-15-16(5)8-6/h5,17-18H,1-4H2/t5-,6+/m1/s1. The second-order valence-electron chi connectivity index (χ2n) is 4.96. The van der Waals surface area contributed by atoms with Gasteiger partial charge in [0, 0.05) is 62.6 Å². The minimum absolute atomic E-state index is 0.0544. The lowest BCUT2D eigenvalue weighted by Gasteiger charge is -2.56. The molecule has 2 atom stereocenters. The van der Waals surface area contributed by atoms with Gasteiger partial charge in [0.25, 0.3) is 0 Å². The van der Waals surface area contributed by atoms with E-state index in [1.54, 1.807) is 0 Å². The van der Waals surface area contributed by atoms with Crippen molar-refractivity contribution in [3.63, 3.8) is 0 Å². The summed E-state index contributed by atoms with van der Waals surface area (Å²) in [4.78, 5) is 0. The average Bonchev–Trinajstić information content (AvgIpc) is 2.43. The molecule has 0 saturated carbocycles. The predicted octanol–water partition coefficient (Wildman–Crippen LogP) is -3.50. The van der Waals surface area contributed by atoms with Gasteiger partial charge in [-0.05, 0) is 12.8 Å². The first-order valence-electron chi connectivity index (χ1n) is 6.59. The summed E-state index contributed by atoms with van der Waals surface area (Å²) in [6, 6.07) is 0. The molecule has 3 aliphatic heterocycles. The number of fused-ring (bicyclic) bond motifs is 7. The highest BCUT2D eigenvalue weighted by Crippen LogP contribution is 2.53. The Hall–Kier alpha value is 0.569. The number of aliphatic hydroxyl groups is 2. The summed E-state index contributed by atoms with van der Waals surface area (Å²) in [5, 5.41) is 18.4. The summed E-state index contributed by atoms with van der Waals surface area (Å²) in [5.74, 6) is 0.391. The van der Waals surface area contributed by atoms with E-state index >= 15 is 0 Å². The van der Waals surface area contributed by atoms with Crippen molar-refractivity contribution in [3.05, 3.63) is 0 Å². The monoisotopic (exact) mass is 225 g/mol. The van der Waals surface area contributed by atoms with E-state index < -0.39 is 0 Å². The third-order valence-corrected chi connectivity index (χ3v) is 3.94. The van der Waals surface area contributed by atoms with Gasteiger partial charge in [-0.2, -0.15) is 0 Å². The Morgan fingerprint density at radius 1 is 0.944 bits per heavy atom. The van der Waals surface area contributed by atoms with Gasteiger partial charge < -0.3 is 10.2 Å². The Morgan fingerprint density at radius 2 is 1.67 bits per heavy atom. The Kier molecular flexibility index (Phi) is 6.13. The Balaban J connectivity index is 2.01. The van der Waals surface area contributed by atoms with Crippen LogP contribution in [-0.2, 0) is 0 Å². The van der Waals surface area contributed by atoms with E-state index in [-0.39, 0.29) is 18.4 Å². The molecule has 12 heteroatoms. The summed E-state index contributed by atoms with van der Waals surface area (Å²) in [6.07, 6.45) is 1.52. The molecular formula is C6H11B10O2. The van der Waals surface area contributed by atoms with Crippen LogP contribution in [0.4, 0.5) is 0 Å². The number of rotatable bonds is 4. The third-order valence-electron chi connectivity index (χ3n) is 3.94. The summed E-state index contributed by atoms with van der Waals surface area (Å²) < 4.78 is 0. The summed E-state index contributed by atoms with van der Waals surface area (Å²) in [5.41, 5.74) is 0. The number of hydrogen-bond acceptors (Lipinski definition) is 2. The first-order valence-corrected chi connectivity index (χ1v) is 6.59. The van der Waals surface area contributed by atoms with Gasteiger partial charge in [-0.1, -0.05) is 5.82 Å². The number of aliphatic hydroxyl groups excluding tert-OH is 2. The van der Waals surface area contributed by atoms with Crippen molar-refractivity contribution in [2.24, 2.45) is 0 Å². The molecule has 0 aromatic rings. The molecule has 3 rings (SSSR count). The Labute approximate surface area is 118 Å². The van der Waals surface area contributed by atoms with Gasteiger partial charge in [-0.15, -0.1) is 5.21 Å². The van der Waals surface area contributed by atoms with E-state index in [1.807, 2.05) is 35.3 Å². The lowest BCUT2D eigenvalue weighted by molar-refractivity contribution is 0.255. The first-order chi connectivity index (χ1) is 8.82. The molecule has 0 aromatic heterocycles. The van der Waals surface area contributed by atoms with E-state index in [2.05, 4.69) is 28.5 Å². The van der Waals surface area contributed by atoms with Crippen LogP contribution in [0.5, 0.6) is 0 Å². The summed E-state index contributed by atoms with van der Waals surface area (Å²) >= 11 is 0. The van der Waals surface area contributed by atoms with Crippen molar-refractivity contribution in [1.82, 2.24) is 0 Å². The largest absolute Gasteiger partial charge is 0.396 e. The van der Waals surface area contributed by atoms with E-state index in [4.69, 9.17) is 0 Å². The average molecular weight is 223 g/mol. The lowest BCUT2D eigenvalue weighted by Crippen LogP contribution is -2.63. The van der Waals surface area contributed by atoms with Crippen molar-refractivity contribution in [2.75, 3.05) is 13.2 Å². The second-order valence-corrected chi connectivity index (χ2v) is 4.96. The molecule has 9 radical (unpaired) electrons. The normalized spacial score (nSPS) is 29.7. The van der Waals surface area contributed by atoms with Gasteiger partial charge in [-0.25, -0.2) is 0 Å². The van der Waals surface area contributed by atoms with Crippen LogP contribution in [0.2, 0.25) is 11.0 Å². The molecule has 0 spiro atoms. The summed E-state index contributed by atoms with van der Waals surface area (Å²) in [7, 11) is 18.8. The van der Waals surface area contributed by atoms with Gasteiger partial charge in [0.2, 0.25) is 0 Å². The predicted molar refractivity (Wildman–Crippen MR) is 87.4 cm³/mol. The lowest BCUT2D eigenvalue weighted by atomic mass is 8.75. The van der Waals surface area contributed by atoms with Crippen LogP contribution in [0.3, 0.4) is 0 Å². The van der Waals surface area contributed by atoms with Crippen LogP contribution in [0, 0.1) is 0 Å². The molecule has 2 nitrogen and oxygen atoms in total. The topological polar surface area (TPSA) is 40.5 Å². The molecule has 0 amide bonds. The molecule has 77 valence electrons. The van der Waals surface area contributed by atoms with Crippen molar-refractivity contribution >= 4 is 70.3 Å². The first kappa shape index (κ1) is 15.0. The SMILES string of the molecule is OCC[C@H]1B2[B][B][B][B][B][B][B][B][C@@]1(CCO)[B]2. The van der Waals surface area contributed by atoms with Crippen molar-refractivity contribution in [1.29, 1.82) is 0 Å². The quantitative estimate of drug-likeness (QED) is 0.486. The minimum Gasteiger partial charge on any atom is -0.396 e. The van der Waals surface area contributed by atoms with E-state index in [0.29, 0.717) is 12.3 Å². The highest BCUT2D eigenvalue weighted by molar-refractivity contribution is 7.73. The van der Waals surface area contributed by atoms with Crippen LogP contribution < -0.4 is 0 Å². The van der Waals surface area contributed by atoms with Gasteiger partial charge in [0.05, 0.1) is 20.8 Å². The molecule has 0 unspecified atom stereocenters. The van der Waals surface area contributed by atoms with E-state index in [0.717, 1.165) is 12.8 Å². The van der Waals surface area contributed by atoms with Gasteiger partial charge in [0.15, 0.2) is 0 Å². The van der Waals surface area contributed by atoms with Crippen LogP contribution >= 0.6 is 0 Å². The fourth-order valence-electron chi connectivity index (χ4n) is 3.04. The van der Waals surface area contributed by atoms with E-state index in [1.165, 1.54) is 0 Å². The minimum atomic E-state index is -0.0544. The molecule has 0 aliphatic carbocycles. The maximum atomic E-state index is 9.27. The fourth-order valence-corrected chi connectivity index (χ4v) is 3.04. The molecule has 3 fully saturated rings. The number of hydrogen-bond donors (Lipinski definition) is 2. The van der Waals surface area contributed by atoms with Crippen LogP contribution in [0.15, 0.2) is 0 Å². The molecule has 3 aliphatic rings. The van der Waals surface area contributed by atoms with Gasteiger partial charge in [-0.3, -0.25) is 0 Å². The zero-order valence-electron chi connectivity index (χ0n) is 10.6. The highest BCUT2D eigenvalue weighted by atomic mass is 16.3. The zero-order chi connectivity index (χ0) is 12.8. The second kappa shape index (κ2) is 7.38. The molecule has 0 aromatic carbocycles. The van der Waals surface area contributed by atoms with Crippen LogP contribution in [0.1, 0.15) is 12.8 Å². The Bertz CT molecular complexity index is 253. The maximum absolute atomic E-state index is 9.27. The fraction of sp³-hybridized carbons (Fsp3) is 1.00. The Morgan fingerprint density at radius 3 is 2.39 bits per heavy atom. The van der Waals surface area contributed by atoms with E-state index in [9.17, 15) is 10.2 Å². The molecule has 3 saturated heterocycles. The molecular weight excluding hydrogens is 212 g/mol.